The van der Waals surface area contributed by atoms with E-state index in [1.54, 1.807) is 6.92 Å². The maximum atomic E-state index is 12.9. The summed E-state index contributed by atoms with van der Waals surface area (Å²) in [4.78, 5) is 0. The summed E-state index contributed by atoms with van der Waals surface area (Å²) in [5.41, 5.74) is 0.293. The van der Waals surface area contributed by atoms with E-state index in [9.17, 15) is 8.78 Å². The molecule has 0 spiro atoms. The zero-order valence-corrected chi connectivity index (χ0v) is 7.78. The molecule has 0 saturated carbocycles. The molecule has 0 bridgehead atoms. The molecular weight excluding hydrogens is 198 g/mol. The zero-order valence-electron chi connectivity index (χ0n) is 7.02. The summed E-state index contributed by atoms with van der Waals surface area (Å²) >= 11 is 5.59. The molecule has 0 aliphatic heterocycles. The maximum Gasteiger partial charge on any atom is 0.144 e. The van der Waals surface area contributed by atoms with Gasteiger partial charge in [-0.3, -0.25) is 0 Å². The second-order valence-electron chi connectivity index (χ2n) is 2.87. The molecule has 0 amide bonds. The monoisotopic (exact) mass is 206 g/mol. The van der Waals surface area contributed by atoms with Crippen LogP contribution in [0.4, 0.5) is 8.78 Å². The van der Waals surface area contributed by atoms with E-state index < -0.39 is 11.6 Å². The van der Waals surface area contributed by atoms with Crippen LogP contribution in [0.15, 0.2) is 12.1 Å². The molecule has 1 aromatic rings. The molecule has 1 N–H and O–H groups in total. The average Bonchev–Trinajstić information content (AvgIpc) is 2.10. The number of rotatable bonds is 2. The minimum absolute atomic E-state index is 0.122. The van der Waals surface area contributed by atoms with Crippen molar-refractivity contribution in [3.05, 3.63) is 34.4 Å². The topological polar surface area (TPSA) is 20.2 Å². The highest BCUT2D eigenvalue weighted by Crippen LogP contribution is 2.27. The SMILES string of the molecule is CC(CO)c1cc(F)cc(F)c1Cl. The Morgan fingerprint density at radius 2 is 2.08 bits per heavy atom. The van der Waals surface area contributed by atoms with Crippen molar-refractivity contribution in [3.8, 4) is 0 Å². The number of aliphatic hydroxyl groups excluding tert-OH is 1. The van der Waals surface area contributed by atoms with Crippen LogP contribution in [0.3, 0.4) is 0 Å². The van der Waals surface area contributed by atoms with Crippen molar-refractivity contribution in [1.82, 2.24) is 0 Å². The van der Waals surface area contributed by atoms with Gasteiger partial charge in [-0.1, -0.05) is 18.5 Å². The van der Waals surface area contributed by atoms with Crippen molar-refractivity contribution in [2.24, 2.45) is 0 Å². The van der Waals surface area contributed by atoms with Crippen molar-refractivity contribution < 1.29 is 13.9 Å². The van der Waals surface area contributed by atoms with Gasteiger partial charge in [0.25, 0.3) is 0 Å². The molecule has 0 aromatic heterocycles. The van der Waals surface area contributed by atoms with Gasteiger partial charge in [0.15, 0.2) is 0 Å². The van der Waals surface area contributed by atoms with Gasteiger partial charge in [-0.15, -0.1) is 0 Å². The van der Waals surface area contributed by atoms with E-state index in [0.717, 1.165) is 12.1 Å². The molecule has 1 atom stereocenters. The molecule has 0 saturated heterocycles. The predicted molar refractivity (Wildman–Crippen MR) is 46.9 cm³/mol. The molecule has 1 unspecified atom stereocenters. The third-order valence-electron chi connectivity index (χ3n) is 1.83. The summed E-state index contributed by atoms with van der Waals surface area (Å²) in [6, 6.07) is 1.85. The van der Waals surface area contributed by atoms with Crippen molar-refractivity contribution in [1.29, 1.82) is 0 Å². The van der Waals surface area contributed by atoms with Gasteiger partial charge in [0.2, 0.25) is 0 Å². The van der Waals surface area contributed by atoms with Gasteiger partial charge in [-0.2, -0.15) is 0 Å². The molecule has 0 radical (unpaired) electrons. The van der Waals surface area contributed by atoms with Crippen LogP contribution < -0.4 is 0 Å². The van der Waals surface area contributed by atoms with Crippen LogP contribution in [0.2, 0.25) is 5.02 Å². The van der Waals surface area contributed by atoms with Gasteiger partial charge in [0.05, 0.1) is 5.02 Å². The van der Waals surface area contributed by atoms with E-state index in [-0.39, 0.29) is 17.5 Å². The van der Waals surface area contributed by atoms with Crippen LogP contribution in [0.25, 0.3) is 0 Å². The summed E-state index contributed by atoms with van der Waals surface area (Å²) in [5, 5.41) is 8.67. The fourth-order valence-electron chi connectivity index (χ4n) is 1.03. The summed E-state index contributed by atoms with van der Waals surface area (Å²) in [7, 11) is 0. The van der Waals surface area contributed by atoms with Crippen molar-refractivity contribution in [2.75, 3.05) is 6.61 Å². The first kappa shape index (κ1) is 10.4. The Labute approximate surface area is 80.0 Å². The maximum absolute atomic E-state index is 12.9. The molecule has 13 heavy (non-hydrogen) atoms. The van der Waals surface area contributed by atoms with Gasteiger partial charge in [-0.25, -0.2) is 8.78 Å². The second kappa shape index (κ2) is 4.03. The van der Waals surface area contributed by atoms with Crippen LogP contribution in [0.1, 0.15) is 18.4 Å². The van der Waals surface area contributed by atoms with Crippen LogP contribution in [-0.2, 0) is 0 Å². The van der Waals surface area contributed by atoms with E-state index in [2.05, 4.69) is 0 Å². The Bertz CT molecular complexity index is 315. The first-order valence-corrected chi connectivity index (χ1v) is 4.19. The van der Waals surface area contributed by atoms with E-state index >= 15 is 0 Å². The smallest absolute Gasteiger partial charge is 0.144 e. The molecule has 4 heteroatoms. The molecule has 0 heterocycles. The van der Waals surface area contributed by atoms with Gasteiger partial charge in [-0.05, 0) is 11.6 Å². The Kier molecular flexibility index (Phi) is 3.22. The summed E-state index contributed by atoms with van der Waals surface area (Å²) in [6.45, 7) is 1.45. The van der Waals surface area contributed by atoms with Gasteiger partial charge in [0, 0.05) is 18.6 Å². The Morgan fingerprint density at radius 3 is 2.62 bits per heavy atom. The van der Waals surface area contributed by atoms with Crippen molar-refractivity contribution in [2.45, 2.75) is 12.8 Å². The van der Waals surface area contributed by atoms with Crippen molar-refractivity contribution >= 4 is 11.6 Å². The second-order valence-corrected chi connectivity index (χ2v) is 3.25. The predicted octanol–water partition coefficient (Wildman–Crippen LogP) is 2.71. The lowest BCUT2D eigenvalue weighted by molar-refractivity contribution is 0.272. The van der Waals surface area contributed by atoms with Gasteiger partial charge in [0.1, 0.15) is 11.6 Å². The van der Waals surface area contributed by atoms with E-state index in [4.69, 9.17) is 16.7 Å². The number of benzene rings is 1. The minimum Gasteiger partial charge on any atom is -0.396 e. The molecular formula is C9H9ClF2O. The molecule has 1 nitrogen and oxygen atoms in total. The number of hydrogen-bond donors (Lipinski definition) is 1. The Morgan fingerprint density at radius 1 is 1.46 bits per heavy atom. The number of aliphatic hydroxyl groups is 1. The standard InChI is InChI=1S/C9H9ClF2O/c1-5(4-13)7-2-6(11)3-8(12)9(7)10/h2-3,5,13H,4H2,1H3. The fourth-order valence-corrected chi connectivity index (χ4v) is 1.33. The van der Waals surface area contributed by atoms with Crippen LogP contribution in [0, 0.1) is 11.6 Å². The fraction of sp³-hybridized carbons (Fsp3) is 0.333. The quantitative estimate of drug-likeness (QED) is 0.738. The molecule has 1 aromatic carbocycles. The normalized spacial score (nSPS) is 13.0. The average molecular weight is 207 g/mol. The Balaban J connectivity index is 3.20. The summed E-state index contributed by atoms with van der Waals surface area (Å²) < 4.78 is 25.6. The lowest BCUT2D eigenvalue weighted by Gasteiger charge is -2.10. The van der Waals surface area contributed by atoms with Gasteiger partial charge < -0.3 is 5.11 Å². The molecule has 0 aliphatic rings. The Hall–Kier alpha value is -0.670. The van der Waals surface area contributed by atoms with Crippen LogP contribution >= 0.6 is 11.6 Å². The largest absolute Gasteiger partial charge is 0.396 e. The highest BCUT2D eigenvalue weighted by molar-refractivity contribution is 6.31. The third-order valence-corrected chi connectivity index (χ3v) is 2.22. The van der Waals surface area contributed by atoms with E-state index in [0.29, 0.717) is 5.56 Å². The first-order valence-electron chi connectivity index (χ1n) is 3.81. The highest BCUT2D eigenvalue weighted by Gasteiger charge is 2.13. The van der Waals surface area contributed by atoms with Gasteiger partial charge >= 0.3 is 0 Å². The van der Waals surface area contributed by atoms with Crippen LogP contribution in [-0.4, -0.2) is 11.7 Å². The number of hydrogen-bond acceptors (Lipinski definition) is 1. The summed E-state index contributed by atoms with van der Waals surface area (Å²) in [5.74, 6) is -1.84. The number of halogens is 3. The summed E-state index contributed by atoms with van der Waals surface area (Å²) in [6.07, 6.45) is 0. The lowest BCUT2D eigenvalue weighted by Crippen LogP contribution is -2.01. The van der Waals surface area contributed by atoms with Crippen molar-refractivity contribution in [3.63, 3.8) is 0 Å². The van der Waals surface area contributed by atoms with Crippen LogP contribution in [0.5, 0.6) is 0 Å². The molecule has 1 rings (SSSR count). The first-order chi connectivity index (χ1) is 6.06. The lowest BCUT2D eigenvalue weighted by atomic mass is 10.0. The minimum atomic E-state index is -0.794. The zero-order chi connectivity index (χ0) is 10.0. The van der Waals surface area contributed by atoms with E-state index in [1.165, 1.54) is 0 Å². The highest BCUT2D eigenvalue weighted by atomic mass is 35.5. The third kappa shape index (κ3) is 2.17. The van der Waals surface area contributed by atoms with E-state index in [1.807, 2.05) is 0 Å². The molecule has 72 valence electrons. The molecule has 0 fully saturated rings. The molecule has 0 aliphatic carbocycles.